The summed E-state index contributed by atoms with van der Waals surface area (Å²) in [6, 6.07) is 4.30. The zero-order chi connectivity index (χ0) is 16.2. The summed E-state index contributed by atoms with van der Waals surface area (Å²) in [6.45, 7) is 1.16. The van der Waals surface area contributed by atoms with Crippen molar-refractivity contribution in [3.05, 3.63) is 46.7 Å². The number of allylic oxidation sites excluding steroid dienone is 1. The Hall–Kier alpha value is -2.31. The fourth-order valence-electron chi connectivity index (χ4n) is 1.72. The molecule has 0 bridgehead atoms. The van der Waals surface area contributed by atoms with E-state index in [2.05, 4.69) is 4.74 Å². The lowest BCUT2D eigenvalue weighted by Crippen LogP contribution is -2.19. The number of hydrogen-bond donors (Lipinski definition) is 1. The van der Waals surface area contributed by atoms with E-state index in [1.165, 1.54) is 12.1 Å². The molecule has 2 N–H and O–H groups in total. The molecule has 0 amide bonds. The average molecular weight is 301 g/mol. The first-order valence-corrected chi connectivity index (χ1v) is 5.90. The van der Waals surface area contributed by atoms with Crippen molar-refractivity contribution >= 4 is 11.8 Å². The van der Waals surface area contributed by atoms with Crippen LogP contribution in [0.3, 0.4) is 0 Å². The first kappa shape index (κ1) is 16.7. The van der Waals surface area contributed by atoms with E-state index < -0.39 is 23.5 Å². The van der Waals surface area contributed by atoms with Crippen molar-refractivity contribution < 1.29 is 27.5 Å². The predicted octanol–water partition coefficient (Wildman–Crippen LogP) is 2.22. The third-order valence-corrected chi connectivity index (χ3v) is 2.74. The average Bonchev–Trinajstić information content (AvgIpc) is 2.37. The van der Waals surface area contributed by atoms with Crippen molar-refractivity contribution in [2.45, 2.75) is 19.5 Å². The maximum absolute atomic E-state index is 12.4. The number of esters is 1. The molecule has 114 valence electrons. The van der Waals surface area contributed by atoms with Gasteiger partial charge in [0.05, 0.1) is 12.7 Å². The second-order valence-electron chi connectivity index (χ2n) is 4.32. The lowest BCUT2D eigenvalue weighted by atomic mass is 10.0. The number of methoxy groups -OCH3 is 1. The molecule has 0 fully saturated rings. The second-order valence-corrected chi connectivity index (χ2v) is 4.32. The highest BCUT2D eigenvalue weighted by Crippen LogP contribution is 2.29. The molecule has 0 unspecified atom stereocenters. The molecular formula is C14H14F3NO3. The molecule has 1 aromatic rings. The fourth-order valence-corrected chi connectivity index (χ4v) is 1.72. The predicted molar refractivity (Wildman–Crippen MR) is 69.1 cm³/mol. The van der Waals surface area contributed by atoms with Crippen LogP contribution in [0.5, 0.6) is 0 Å². The highest BCUT2D eigenvalue weighted by atomic mass is 19.4. The van der Waals surface area contributed by atoms with Crippen molar-refractivity contribution in [1.82, 2.24) is 0 Å². The number of nitrogens with two attached hydrogens (primary N) is 1. The van der Waals surface area contributed by atoms with Crippen molar-refractivity contribution in [2.75, 3.05) is 7.11 Å². The van der Waals surface area contributed by atoms with Gasteiger partial charge in [-0.3, -0.25) is 4.79 Å². The minimum atomic E-state index is -4.42. The molecule has 4 nitrogen and oxygen atoms in total. The molecule has 0 atom stereocenters. The van der Waals surface area contributed by atoms with Gasteiger partial charge in [0.2, 0.25) is 0 Å². The van der Waals surface area contributed by atoms with Crippen LogP contribution < -0.4 is 5.73 Å². The van der Waals surface area contributed by atoms with Gasteiger partial charge in [0, 0.05) is 12.1 Å². The van der Waals surface area contributed by atoms with Crippen molar-refractivity contribution in [3.63, 3.8) is 0 Å². The molecule has 0 heterocycles. The summed E-state index contributed by atoms with van der Waals surface area (Å²) in [4.78, 5) is 22.8. The zero-order valence-corrected chi connectivity index (χ0v) is 11.5. The van der Waals surface area contributed by atoms with Crippen LogP contribution in [0, 0.1) is 0 Å². The van der Waals surface area contributed by atoms with Gasteiger partial charge in [-0.15, -0.1) is 0 Å². The van der Waals surface area contributed by atoms with E-state index in [4.69, 9.17) is 5.73 Å². The van der Waals surface area contributed by atoms with Gasteiger partial charge in [0.1, 0.15) is 5.57 Å². The van der Waals surface area contributed by atoms with E-state index in [0.29, 0.717) is 5.56 Å². The van der Waals surface area contributed by atoms with Gasteiger partial charge < -0.3 is 10.5 Å². The molecule has 1 rings (SSSR count). The number of ketones is 1. The third kappa shape index (κ3) is 4.34. The molecule has 0 spiro atoms. The van der Waals surface area contributed by atoms with Gasteiger partial charge in [-0.25, -0.2) is 4.79 Å². The van der Waals surface area contributed by atoms with Crippen molar-refractivity contribution in [2.24, 2.45) is 5.73 Å². The minimum Gasteiger partial charge on any atom is -0.465 e. The number of ether oxygens (including phenoxy) is 1. The number of carbonyl (C=O) groups excluding carboxylic acids is 2. The van der Waals surface area contributed by atoms with Gasteiger partial charge in [0.25, 0.3) is 0 Å². The Bertz CT molecular complexity index is 574. The molecule has 0 saturated heterocycles. The van der Waals surface area contributed by atoms with E-state index in [9.17, 15) is 22.8 Å². The zero-order valence-electron chi connectivity index (χ0n) is 11.5. The molecule has 0 saturated carbocycles. The largest absolute Gasteiger partial charge is 0.465 e. The smallest absolute Gasteiger partial charge is 0.416 e. The number of carbonyl (C=O) groups is 2. The van der Waals surface area contributed by atoms with Crippen molar-refractivity contribution in [1.29, 1.82) is 0 Å². The molecule has 0 aromatic heterocycles. The van der Waals surface area contributed by atoms with Gasteiger partial charge in [-0.05, 0) is 24.6 Å². The first-order chi connectivity index (χ1) is 9.66. The summed E-state index contributed by atoms with van der Waals surface area (Å²) in [5.74, 6) is -1.43. The number of alkyl halides is 3. The summed E-state index contributed by atoms with van der Waals surface area (Å²) in [7, 11) is 1.11. The van der Waals surface area contributed by atoms with Gasteiger partial charge in [-0.2, -0.15) is 13.2 Å². The summed E-state index contributed by atoms with van der Waals surface area (Å²) in [6.07, 6.45) is -4.45. The second kappa shape index (κ2) is 6.43. The van der Waals surface area contributed by atoms with E-state index in [-0.39, 0.29) is 17.7 Å². The van der Waals surface area contributed by atoms with E-state index >= 15 is 0 Å². The van der Waals surface area contributed by atoms with Crippen LogP contribution in [-0.4, -0.2) is 18.9 Å². The number of Topliss-reactive ketones (excluding diaryl/α,β-unsaturated/α-hetero) is 1. The molecule has 0 aliphatic carbocycles. The normalized spacial score (nSPS) is 12.6. The van der Waals surface area contributed by atoms with E-state index in [1.807, 2.05) is 0 Å². The molecular weight excluding hydrogens is 287 g/mol. The lowest BCUT2D eigenvalue weighted by Gasteiger charge is -2.10. The standard InChI is InChI=1S/C14H14F3NO3/c1-8(19)12(13(20)21-2)11(18)7-9-3-5-10(6-4-9)14(15,16)17/h3-6H,7,18H2,1-2H3/b12-11-. The highest BCUT2D eigenvalue weighted by molar-refractivity contribution is 6.16. The van der Waals surface area contributed by atoms with Gasteiger partial charge in [-0.1, -0.05) is 12.1 Å². The first-order valence-electron chi connectivity index (χ1n) is 5.90. The van der Waals surface area contributed by atoms with Gasteiger partial charge >= 0.3 is 12.1 Å². The van der Waals surface area contributed by atoms with Crippen LogP contribution in [0.1, 0.15) is 18.1 Å². The van der Waals surface area contributed by atoms with Crippen LogP contribution in [0.15, 0.2) is 35.5 Å². The topological polar surface area (TPSA) is 69.4 Å². The monoisotopic (exact) mass is 301 g/mol. The lowest BCUT2D eigenvalue weighted by molar-refractivity contribution is -0.138. The summed E-state index contributed by atoms with van der Waals surface area (Å²) >= 11 is 0. The maximum Gasteiger partial charge on any atom is 0.416 e. The fraction of sp³-hybridized carbons (Fsp3) is 0.286. The van der Waals surface area contributed by atoms with E-state index in [0.717, 1.165) is 26.2 Å². The Morgan fingerprint density at radius 2 is 1.71 bits per heavy atom. The Kier molecular flexibility index (Phi) is 5.12. The Morgan fingerprint density at radius 1 is 1.19 bits per heavy atom. The minimum absolute atomic E-state index is 0.0256. The number of rotatable bonds is 4. The summed E-state index contributed by atoms with van der Waals surface area (Å²) in [5, 5.41) is 0. The summed E-state index contributed by atoms with van der Waals surface area (Å²) < 4.78 is 41.7. The molecule has 0 aliphatic heterocycles. The number of hydrogen-bond acceptors (Lipinski definition) is 4. The third-order valence-electron chi connectivity index (χ3n) is 2.74. The molecule has 7 heteroatoms. The van der Waals surface area contributed by atoms with Crippen LogP contribution >= 0.6 is 0 Å². The quantitative estimate of drug-likeness (QED) is 0.401. The molecule has 21 heavy (non-hydrogen) atoms. The summed E-state index contributed by atoms with van der Waals surface area (Å²) in [5.41, 5.74) is 5.01. The Labute approximate surface area is 119 Å². The van der Waals surface area contributed by atoms with Crippen LogP contribution in [0.25, 0.3) is 0 Å². The van der Waals surface area contributed by atoms with E-state index in [1.54, 1.807) is 0 Å². The van der Waals surface area contributed by atoms with Crippen LogP contribution in [-0.2, 0) is 26.9 Å². The molecule has 1 aromatic carbocycles. The maximum atomic E-state index is 12.4. The highest BCUT2D eigenvalue weighted by Gasteiger charge is 2.30. The van der Waals surface area contributed by atoms with Crippen LogP contribution in [0.2, 0.25) is 0 Å². The SMILES string of the molecule is COC(=O)/C(C(C)=O)=C(\N)Cc1ccc(C(F)(F)F)cc1. The Balaban J connectivity index is 3.04. The van der Waals surface area contributed by atoms with Gasteiger partial charge in [0.15, 0.2) is 5.78 Å². The number of halogens is 3. The van der Waals surface area contributed by atoms with Crippen LogP contribution in [0.4, 0.5) is 13.2 Å². The Morgan fingerprint density at radius 3 is 2.10 bits per heavy atom. The van der Waals surface area contributed by atoms with Crippen molar-refractivity contribution in [3.8, 4) is 0 Å². The molecule has 0 aliphatic rings. The molecule has 0 radical (unpaired) electrons. The number of benzene rings is 1.